The molecule has 1 aromatic carbocycles. The third kappa shape index (κ3) is 2.65. The number of aromatic nitrogens is 2. The van der Waals surface area contributed by atoms with Gasteiger partial charge in [-0.1, -0.05) is 11.3 Å². The highest BCUT2D eigenvalue weighted by molar-refractivity contribution is 7.17. The Labute approximate surface area is 112 Å². The van der Waals surface area contributed by atoms with Crippen molar-refractivity contribution < 1.29 is 9.18 Å². The number of amides is 1. The highest BCUT2D eigenvalue weighted by Gasteiger charge is 2.20. The molecule has 0 bridgehead atoms. The molecule has 0 atom stereocenters. The number of benzene rings is 1. The topological polar surface area (TPSA) is 46.1 Å². The summed E-state index contributed by atoms with van der Waals surface area (Å²) in [5.41, 5.74) is 0.607. The van der Waals surface area contributed by atoms with Crippen LogP contribution in [0.3, 0.4) is 0 Å². The van der Waals surface area contributed by atoms with E-state index in [1.807, 2.05) is 6.92 Å². The summed E-state index contributed by atoms with van der Waals surface area (Å²) in [7, 11) is 0. The lowest BCUT2D eigenvalue weighted by atomic mass is 10.2. The van der Waals surface area contributed by atoms with Crippen LogP contribution in [0.15, 0.2) is 24.3 Å². The Morgan fingerprint density at radius 2 is 2.06 bits per heavy atom. The highest BCUT2D eigenvalue weighted by atomic mass is 35.5. The molecule has 18 heavy (non-hydrogen) atoms. The molecule has 1 amide bonds. The standard InChI is InChI=1S/C11H9ClFN3OS/c1-2-16(8-5-3-7(13)4-6-8)10(17)9-14-15-11(12)18-9/h3-6H,2H2,1H3. The first-order chi connectivity index (χ1) is 8.61. The van der Waals surface area contributed by atoms with E-state index in [2.05, 4.69) is 10.2 Å². The fourth-order valence-corrected chi connectivity index (χ4v) is 2.25. The van der Waals surface area contributed by atoms with Gasteiger partial charge in [0.1, 0.15) is 5.82 Å². The number of anilines is 1. The zero-order valence-corrected chi connectivity index (χ0v) is 11.0. The molecule has 0 saturated carbocycles. The van der Waals surface area contributed by atoms with Crippen LogP contribution in [0.1, 0.15) is 16.7 Å². The van der Waals surface area contributed by atoms with Crippen molar-refractivity contribution in [2.45, 2.75) is 6.92 Å². The third-order valence-corrected chi connectivity index (χ3v) is 3.29. The largest absolute Gasteiger partial charge is 0.307 e. The molecule has 2 aromatic rings. The number of rotatable bonds is 3. The number of hydrogen-bond acceptors (Lipinski definition) is 4. The summed E-state index contributed by atoms with van der Waals surface area (Å²) in [6.07, 6.45) is 0. The van der Waals surface area contributed by atoms with E-state index >= 15 is 0 Å². The van der Waals surface area contributed by atoms with E-state index in [-0.39, 0.29) is 21.2 Å². The van der Waals surface area contributed by atoms with Crippen LogP contribution in [0.5, 0.6) is 0 Å². The second kappa shape index (κ2) is 5.41. The monoisotopic (exact) mass is 285 g/mol. The van der Waals surface area contributed by atoms with Gasteiger partial charge in [0.25, 0.3) is 5.91 Å². The summed E-state index contributed by atoms with van der Waals surface area (Å²) >= 11 is 6.66. The van der Waals surface area contributed by atoms with Crippen LogP contribution in [0.4, 0.5) is 10.1 Å². The predicted octanol–water partition coefficient (Wildman–Crippen LogP) is 3.00. The van der Waals surface area contributed by atoms with Crippen molar-refractivity contribution in [3.63, 3.8) is 0 Å². The number of carbonyl (C=O) groups excluding carboxylic acids is 1. The molecule has 1 heterocycles. The van der Waals surface area contributed by atoms with E-state index in [0.29, 0.717) is 12.2 Å². The van der Waals surface area contributed by atoms with Crippen molar-refractivity contribution in [2.75, 3.05) is 11.4 Å². The minimum atomic E-state index is -0.346. The van der Waals surface area contributed by atoms with Gasteiger partial charge in [-0.15, -0.1) is 10.2 Å². The lowest BCUT2D eigenvalue weighted by molar-refractivity contribution is 0.0987. The van der Waals surface area contributed by atoms with Crippen molar-refractivity contribution in [3.8, 4) is 0 Å². The maximum absolute atomic E-state index is 12.8. The summed E-state index contributed by atoms with van der Waals surface area (Å²) in [5.74, 6) is -0.644. The molecule has 0 N–H and O–H groups in total. The van der Waals surface area contributed by atoms with Gasteiger partial charge in [0.15, 0.2) is 0 Å². The zero-order valence-electron chi connectivity index (χ0n) is 9.43. The number of nitrogens with zero attached hydrogens (tertiary/aromatic N) is 3. The first-order valence-corrected chi connectivity index (χ1v) is 6.37. The second-order valence-corrected chi connectivity index (χ2v) is 4.95. The molecule has 0 aliphatic rings. The summed E-state index contributed by atoms with van der Waals surface area (Å²) < 4.78 is 13.1. The van der Waals surface area contributed by atoms with Crippen LogP contribution in [0.25, 0.3) is 0 Å². The molecule has 1 aromatic heterocycles. The Morgan fingerprint density at radius 3 is 2.56 bits per heavy atom. The van der Waals surface area contributed by atoms with Gasteiger partial charge in [0.2, 0.25) is 9.47 Å². The van der Waals surface area contributed by atoms with Crippen LogP contribution in [0, 0.1) is 5.82 Å². The van der Waals surface area contributed by atoms with E-state index in [9.17, 15) is 9.18 Å². The molecule has 0 fully saturated rings. The number of halogens is 2. The molecular weight excluding hydrogens is 277 g/mol. The van der Waals surface area contributed by atoms with Crippen molar-refractivity contribution >= 4 is 34.5 Å². The normalized spacial score (nSPS) is 10.4. The summed E-state index contributed by atoms with van der Waals surface area (Å²) in [4.78, 5) is 13.6. The zero-order chi connectivity index (χ0) is 13.1. The molecular formula is C11H9ClFN3OS. The summed E-state index contributed by atoms with van der Waals surface area (Å²) in [6, 6.07) is 5.69. The molecule has 0 spiro atoms. The smallest absolute Gasteiger partial charge is 0.289 e. The van der Waals surface area contributed by atoms with Crippen molar-refractivity contribution in [2.24, 2.45) is 0 Å². The maximum Gasteiger partial charge on any atom is 0.289 e. The number of hydrogen-bond donors (Lipinski definition) is 0. The van der Waals surface area contributed by atoms with Gasteiger partial charge in [-0.05, 0) is 42.8 Å². The highest BCUT2D eigenvalue weighted by Crippen LogP contribution is 2.21. The lowest BCUT2D eigenvalue weighted by Gasteiger charge is -2.19. The molecule has 0 aliphatic carbocycles. The first-order valence-electron chi connectivity index (χ1n) is 5.18. The minimum Gasteiger partial charge on any atom is -0.307 e. The molecule has 94 valence electrons. The van der Waals surface area contributed by atoms with Crippen LogP contribution in [0.2, 0.25) is 4.47 Å². The minimum absolute atomic E-state index is 0.214. The molecule has 0 aliphatic heterocycles. The summed E-state index contributed by atoms with van der Waals surface area (Å²) in [6.45, 7) is 2.27. The van der Waals surface area contributed by atoms with Crippen LogP contribution in [-0.2, 0) is 0 Å². The third-order valence-electron chi connectivity index (χ3n) is 2.28. The quantitative estimate of drug-likeness (QED) is 0.871. The first kappa shape index (κ1) is 12.9. The molecule has 0 radical (unpaired) electrons. The van der Waals surface area contributed by atoms with Gasteiger partial charge < -0.3 is 4.90 Å². The number of carbonyl (C=O) groups is 1. The summed E-state index contributed by atoms with van der Waals surface area (Å²) in [5, 5.41) is 7.50. The van der Waals surface area contributed by atoms with Crippen molar-refractivity contribution in [1.29, 1.82) is 0 Å². The van der Waals surface area contributed by atoms with E-state index in [4.69, 9.17) is 11.6 Å². The van der Waals surface area contributed by atoms with Gasteiger partial charge in [-0.2, -0.15) is 0 Å². The molecule has 7 heteroatoms. The van der Waals surface area contributed by atoms with Crippen molar-refractivity contribution in [1.82, 2.24) is 10.2 Å². The lowest BCUT2D eigenvalue weighted by Crippen LogP contribution is -2.30. The van der Waals surface area contributed by atoms with Crippen LogP contribution < -0.4 is 4.90 Å². The molecule has 0 unspecified atom stereocenters. The molecule has 2 rings (SSSR count). The predicted molar refractivity (Wildman–Crippen MR) is 68.7 cm³/mol. The second-order valence-electron chi connectivity index (χ2n) is 3.39. The van der Waals surface area contributed by atoms with Gasteiger partial charge in [-0.25, -0.2) is 4.39 Å². The Balaban J connectivity index is 2.28. The Kier molecular flexibility index (Phi) is 3.88. The van der Waals surface area contributed by atoms with Gasteiger partial charge in [0.05, 0.1) is 0 Å². The van der Waals surface area contributed by atoms with Crippen LogP contribution in [-0.4, -0.2) is 22.6 Å². The fraction of sp³-hybridized carbons (Fsp3) is 0.182. The average molecular weight is 286 g/mol. The van der Waals surface area contributed by atoms with Gasteiger partial charge in [-0.3, -0.25) is 4.79 Å². The maximum atomic E-state index is 12.8. The van der Waals surface area contributed by atoms with Crippen molar-refractivity contribution in [3.05, 3.63) is 39.6 Å². The fourth-order valence-electron chi connectivity index (χ4n) is 1.47. The van der Waals surface area contributed by atoms with E-state index in [1.54, 1.807) is 12.1 Å². The molecule has 4 nitrogen and oxygen atoms in total. The van der Waals surface area contributed by atoms with E-state index in [1.165, 1.54) is 17.0 Å². The van der Waals surface area contributed by atoms with Gasteiger partial charge in [0, 0.05) is 12.2 Å². The Bertz CT molecular complexity index is 558. The Hall–Kier alpha value is -1.53. The Morgan fingerprint density at radius 1 is 1.39 bits per heavy atom. The average Bonchev–Trinajstić information content (AvgIpc) is 2.79. The van der Waals surface area contributed by atoms with E-state index in [0.717, 1.165) is 11.3 Å². The van der Waals surface area contributed by atoms with Crippen LogP contribution >= 0.6 is 22.9 Å². The SMILES string of the molecule is CCN(C(=O)c1nnc(Cl)s1)c1ccc(F)cc1. The van der Waals surface area contributed by atoms with Gasteiger partial charge >= 0.3 is 0 Å². The van der Waals surface area contributed by atoms with E-state index < -0.39 is 0 Å². The molecule has 0 saturated heterocycles.